The molecule has 0 radical (unpaired) electrons. The Morgan fingerprint density at radius 3 is 2.61 bits per heavy atom. The number of carbonyl (C=O) groups is 1. The van der Waals surface area contributed by atoms with Crippen molar-refractivity contribution in [2.24, 2.45) is 0 Å². The molecule has 90 valence electrons. The zero-order chi connectivity index (χ0) is 12.5. The number of rotatable bonds is 1. The van der Waals surface area contributed by atoms with Crippen molar-refractivity contribution >= 4 is 27.6 Å². The van der Waals surface area contributed by atoms with Crippen molar-refractivity contribution in [1.82, 2.24) is 5.32 Å². The van der Waals surface area contributed by atoms with Crippen LogP contribution in [0.2, 0.25) is 0 Å². The summed E-state index contributed by atoms with van der Waals surface area (Å²) in [5.74, 6) is 0. The van der Waals surface area contributed by atoms with Gasteiger partial charge in [-0.25, -0.2) is 4.79 Å². The van der Waals surface area contributed by atoms with Crippen molar-refractivity contribution in [3.05, 3.63) is 64.1 Å². The number of hydrogen-bond acceptors (Lipinski definition) is 1. The highest BCUT2D eigenvalue weighted by Crippen LogP contribution is 2.33. The average Bonchev–Trinajstić information content (AvgIpc) is 2.39. The van der Waals surface area contributed by atoms with E-state index in [1.54, 1.807) is 0 Å². The van der Waals surface area contributed by atoms with Crippen LogP contribution >= 0.6 is 15.9 Å². The highest BCUT2D eigenvalue weighted by Gasteiger charge is 2.25. The SMILES string of the molecule is O=C1Nc2ccc(Br)cc2C(c2ccccc2)N1. The summed E-state index contributed by atoms with van der Waals surface area (Å²) in [6.07, 6.45) is 0. The zero-order valence-electron chi connectivity index (χ0n) is 9.48. The van der Waals surface area contributed by atoms with Gasteiger partial charge in [-0.05, 0) is 23.8 Å². The van der Waals surface area contributed by atoms with Crippen LogP contribution in [0.25, 0.3) is 0 Å². The van der Waals surface area contributed by atoms with Crippen LogP contribution in [0.5, 0.6) is 0 Å². The van der Waals surface area contributed by atoms with Gasteiger partial charge in [-0.2, -0.15) is 0 Å². The van der Waals surface area contributed by atoms with E-state index in [0.29, 0.717) is 0 Å². The smallest absolute Gasteiger partial charge is 0.320 e. The van der Waals surface area contributed by atoms with Gasteiger partial charge in [0.05, 0.1) is 6.04 Å². The Hall–Kier alpha value is -1.81. The molecule has 1 aliphatic rings. The van der Waals surface area contributed by atoms with E-state index in [9.17, 15) is 4.79 Å². The molecule has 0 fully saturated rings. The van der Waals surface area contributed by atoms with Crippen molar-refractivity contribution in [2.75, 3.05) is 5.32 Å². The molecule has 1 heterocycles. The number of urea groups is 1. The molecule has 2 N–H and O–H groups in total. The minimum atomic E-state index is -0.168. The van der Waals surface area contributed by atoms with Crippen LogP contribution in [0.3, 0.4) is 0 Å². The lowest BCUT2D eigenvalue weighted by Gasteiger charge is -2.27. The van der Waals surface area contributed by atoms with Gasteiger partial charge in [0.2, 0.25) is 0 Å². The van der Waals surface area contributed by atoms with Crippen molar-refractivity contribution in [3.8, 4) is 0 Å². The first-order chi connectivity index (χ1) is 8.74. The van der Waals surface area contributed by atoms with E-state index >= 15 is 0 Å². The van der Waals surface area contributed by atoms with E-state index in [4.69, 9.17) is 0 Å². The summed E-state index contributed by atoms with van der Waals surface area (Å²) in [6, 6.07) is 15.5. The number of carbonyl (C=O) groups excluding carboxylic acids is 1. The van der Waals surface area contributed by atoms with E-state index in [1.165, 1.54) is 0 Å². The van der Waals surface area contributed by atoms with Crippen LogP contribution in [-0.2, 0) is 0 Å². The third-order valence-electron chi connectivity index (χ3n) is 2.98. The monoisotopic (exact) mass is 302 g/mol. The molecule has 0 saturated heterocycles. The largest absolute Gasteiger partial charge is 0.327 e. The van der Waals surface area contributed by atoms with Crippen molar-refractivity contribution in [1.29, 1.82) is 0 Å². The van der Waals surface area contributed by atoms with Crippen molar-refractivity contribution < 1.29 is 4.79 Å². The maximum Gasteiger partial charge on any atom is 0.320 e. The van der Waals surface area contributed by atoms with Crippen LogP contribution in [-0.4, -0.2) is 6.03 Å². The molecule has 2 aromatic rings. The first kappa shape index (κ1) is 11.3. The van der Waals surface area contributed by atoms with Crippen LogP contribution in [0.15, 0.2) is 53.0 Å². The fourth-order valence-corrected chi connectivity index (χ4v) is 2.54. The van der Waals surface area contributed by atoms with E-state index in [0.717, 1.165) is 21.3 Å². The normalized spacial score (nSPS) is 17.6. The summed E-state index contributed by atoms with van der Waals surface area (Å²) in [7, 11) is 0. The Morgan fingerprint density at radius 2 is 1.83 bits per heavy atom. The van der Waals surface area contributed by atoms with Gasteiger partial charge in [-0.3, -0.25) is 0 Å². The quantitative estimate of drug-likeness (QED) is 0.829. The Labute approximate surface area is 113 Å². The van der Waals surface area contributed by atoms with Gasteiger partial charge in [0.25, 0.3) is 0 Å². The van der Waals surface area contributed by atoms with Crippen molar-refractivity contribution in [2.45, 2.75) is 6.04 Å². The Kier molecular flexibility index (Phi) is 2.80. The Morgan fingerprint density at radius 1 is 1.06 bits per heavy atom. The zero-order valence-corrected chi connectivity index (χ0v) is 11.1. The van der Waals surface area contributed by atoms with Crippen LogP contribution in [0.1, 0.15) is 17.2 Å². The van der Waals surface area contributed by atoms with Gasteiger partial charge in [-0.15, -0.1) is 0 Å². The number of fused-ring (bicyclic) bond motifs is 1. The Bertz CT molecular complexity index is 598. The van der Waals surface area contributed by atoms with Gasteiger partial charge in [-0.1, -0.05) is 46.3 Å². The van der Waals surface area contributed by atoms with Gasteiger partial charge in [0, 0.05) is 15.7 Å². The molecular formula is C14H11BrN2O. The third-order valence-corrected chi connectivity index (χ3v) is 3.47. The van der Waals surface area contributed by atoms with Crippen LogP contribution in [0.4, 0.5) is 10.5 Å². The summed E-state index contributed by atoms with van der Waals surface area (Å²) in [6.45, 7) is 0. The molecule has 2 amide bonds. The van der Waals surface area contributed by atoms with E-state index in [2.05, 4.69) is 26.6 Å². The number of anilines is 1. The molecule has 0 bridgehead atoms. The van der Waals surface area contributed by atoms with E-state index in [1.807, 2.05) is 48.5 Å². The molecule has 18 heavy (non-hydrogen) atoms. The molecule has 3 nitrogen and oxygen atoms in total. The number of benzene rings is 2. The molecule has 1 aliphatic heterocycles. The standard InChI is InChI=1S/C14H11BrN2O/c15-10-6-7-12-11(8-10)13(17-14(18)16-12)9-4-2-1-3-5-9/h1-8,13H,(H2,16,17,18). The average molecular weight is 303 g/mol. The lowest BCUT2D eigenvalue weighted by Crippen LogP contribution is -2.38. The lowest BCUT2D eigenvalue weighted by atomic mass is 9.96. The van der Waals surface area contributed by atoms with E-state index < -0.39 is 0 Å². The fraction of sp³-hybridized carbons (Fsp3) is 0.0714. The Balaban J connectivity index is 2.12. The van der Waals surface area contributed by atoms with Crippen LogP contribution in [0, 0.1) is 0 Å². The molecule has 1 unspecified atom stereocenters. The molecule has 1 atom stereocenters. The summed E-state index contributed by atoms with van der Waals surface area (Å²) < 4.78 is 1.00. The van der Waals surface area contributed by atoms with Gasteiger partial charge in [0.15, 0.2) is 0 Å². The number of amides is 2. The molecule has 4 heteroatoms. The molecule has 0 aliphatic carbocycles. The third kappa shape index (κ3) is 1.99. The summed E-state index contributed by atoms with van der Waals surface area (Å²) in [5.41, 5.74) is 3.00. The second-order valence-corrected chi connectivity index (χ2v) is 5.09. The topological polar surface area (TPSA) is 41.1 Å². The molecule has 3 rings (SSSR count). The summed E-state index contributed by atoms with van der Waals surface area (Å²) in [5, 5.41) is 5.76. The number of nitrogens with one attached hydrogen (secondary N) is 2. The van der Waals surface area contributed by atoms with E-state index in [-0.39, 0.29) is 12.1 Å². The second-order valence-electron chi connectivity index (χ2n) is 4.17. The fourth-order valence-electron chi connectivity index (χ4n) is 2.16. The molecule has 0 aromatic heterocycles. The summed E-state index contributed by atoms with van der Waals surface area (Å²) >= 11 is 3.47. The summed E-state index contributed by atoms with van der Waals surface area (Å²) in [4.78, 5) is 11.7. The van der Waals surface area contributed by atoms with Gasteiger partial charge < -0.3 is 10.6 Å². The highest BCUT2D eigenvalue weighted by molar-refractivity contribution is 9.10. The maximum absolute atomic E-state index is 11.7. The second kappa shape index (κ2) is 4.46. The van der Waals surface area contributed by atoms with Crippen LogP contribution < -0.4 is 10.6 Å². The minimum Gasteiger partial charge on any atom is -0.327 e. The molecule has 2 aromatic carbocycles. The maximum atomic E-state index is 11.7. The highest BCUT2D eigenvalue weighted by atomic mass is 79.9. The predicted octanol–water partition coefficient (Wildman–Crippen LogP) is 3.67. The molecule has 0 saturated carbocycles. The minimum absolute atomic E-state index is 0.104. The van der Waals surface area contributed by atoms with Gasteiger partial charge >= 0.3 is 6.03 Å². The molecular weight excluding hydrogens is 292 g/mol. The lowest BCUT2D eigenvalue weighted by molar-refractivity contribution is 0.249. The first-order valence-corrected chi connectivity index (χ1v) is 6.45. The molecule has 0 spiro atoms. The number of hydrogen-bond donors (Lipinski definition) is 2. The first-order valence-electron chi connectivity index (χ1n) is 5.66. The van der Waals surface area contributed by atoms with Crippen molar-refractivity contribution in [3.63, 3.8) is 0 Å². The predicted molar refractivity (Wildman–Crippen MR) is 74.6 cm³/mol. The van der Waals surface area contributed by atoms with Gasteiger partial charge in [0.1, 0.15) is 0 Å². The number of halogens is 1.